The van der Waals surface area contributed by atoms with E-state index in [1.807, 2.05) is 25.1 Å². The van der Waals surface area contributed by atoms with Gasteiger partial charge in [0.1, 0.15) is 12.4 Å². The van der Waals surface area contributed by atoms with E-state index in [0.717, 1.165) is 17.9 Å². The molecular weight excluding hydrogens is 495 g/mol. The molecule has 8 heteroatoms. The summed E-state index contributed by atoms with van der Waals surface area (Å²) >= 11 is 0. The van der Waals surface area contributed by atoms with Crippen molar-refractivity contribution in [3.8, 4) is 23.8 Å². The summed E-state index contributed by atoms with van der Waals surface area (Å²) < 4.78 is 16.7. The van der Waals surface area contributed by atoms with Gasteiger partial charge < -0.3 is 24.5 Å². The molecule has 1 aromatic carbocycles. The van der Waals surface area contributed by atoms with Crippen molar-refractivity contribution in [1.29, 1.82) is 0 Å². The van der Waals surface area contributed by atoms with Gasteiger partial charge in [0.2, 0.25) is 5.89 Å². The Morgan fingerprint density at radius 3 is 2.63 bits per heavy atom. The normalized spacial score (nSPS) is 11.3. The number of halogens is 1. The van der Waals surface area contributed by atoms with Crippen LogP contribution in [0.5, 0.6) is 11.5 Å². The van der Waals surface area contributed by atoms with E-state index < -0.39 is 0 Å². The third-order valence-electron chi connectivity index (χ3n) is 4.00. The fraction of sp³-hybridized carbons (Fsp3) is 0.455. The van der Waals surface area contributed by atoms with E-state index in [4.69, 9.17) is 20.3 Å². The summed E-state index contributed by atoms with van der Waals surface area (Å²) in [6.45, 7) is 10.1. The first kappa shape index (κ1) is 25.6. The number of aromatic nitrogens is 1. The molecule has 0 saturated carbocycles. The Morgan fingerprint density at radius 1 is 1.27 bits per heavy atom. The minimum atomic E-state index is -0.0720. The Labute approximate surface area is 196 Å². The van der Waals surface area contributed by atoms with Crippen LogP contribution in [0.3, 0.4) is 0 Å². The van der Waals surface area contributed by atoms with Crippen LogP contribution in [0.15, 0.2) is 33.8 Å². The first-order valence-electron chi connectivity index (χ1n) is 9.58. The summed E-state index contributed by atoms with van der Waals surface area (Å²) in [5, 5.41) is 6.46. The van der Waals surface area contributed by atoms with Gasteiger partial charge in [0.15, 0.2) is 17.5 Å². The number of aliphatic imine (C=N–C) groups is 1. The van der Waals surface area contributed by atoms with E-state index in [9.17, 15) is 0 Å². The van der Waals surface area contributed by atoms with Gasteiger partial charge in [0, 0.05) is 12.0 Å². The fourth-order valence-electron chi connectivity index (χ4n) is 2.46. The van der Waals surface area contributed by atoms with Crippen molar-refractivity contribution in [1.82, 2.24) is 15.6 Å². The van der Waals surface area contributed by atoms with Crippen molar-refractivity contribution in [3.63, 3.8) is 0 Å². The SMILES string of the molecule is C#CCOc1cc(CN=C(NCC)NCc2ncc(C(C)(C)C)o2)ccc1OC.I. The second kappa shape index (κ2) is 12.3. The number of hydrogen-bond donors (Lipinski definition) is 2. The van der Waals surface area contributed by atoms with Gasteiger partial charge in [-0.3, -0.25) is 0 Å². The first-order chi connectivity index (χ1) is 13.9. The molecule has 0 fully saturated rings. The van der Waals surface area contributed by atoms with E-state index in [-0.39, 0.29) is 36.0 Å². The molecule has 7 nitrogen and oxygen atoms in total. The van der Waals surface area contributed by atoms with Crippen LogP contribution in [0.25, 0.3) is 0 Å². The van der Waals surface area contributed by atoms with Crippen molar-refractivity contribution in [2.24, 2.45) is 4.99 Å². The summed E-state index contributed by atoms with van der Waals surface area (Å²) in [5.41, 5.74) is 0.901. The molecule has 2 aromatic rings. The number of terminal acetylenes is 1. The molecule has 0 radical (unpaired) electrons. The molecule has 0 unspecified atom stereocenters. The lowest BCUT2D eigenvalue weighted by Gasteiger charge is -2.13. The highest BCUT2D eigenvalue weighted by Gasteiger charge is 2.19. The number of nitrogens with zero attached hydrogens (tertiary/aromatic N) is 2. The number of guanidine groups is 1. The summed E-state index contributed by atoms with van der Waals surface area (Å²) in [6.07, 6.45) is 7.05. The number of benzene rings is 1. The second-order valence-electron chi connectivity index (χ2n) is 7.39. The van der Waals surface area contributed by atoms with E-state index in [2.05, 4.69) is 47.3 Å². The molecule has 0 spiro atoms. The molecule has 30 heavy (non-hydrogen) atoms. The first-order valence-corrected chi connectivity index (χ1v) is 9.58. The van der Waals surface area contributed by atoms with Crippen molar-refractivity contribution >= 4 is 29.9 Å². The number of oxazole rings is 1. The number of hydrogen-bond acceptors (Lipinski definition) is 5. The van der Waals surface area contributed by atoms with Crippen molar-refractivity contribution in [2.75, 3.05) is 20.3 Å². The van der Waals surface area contributed by atoms with Crippen LogP contribution in [0, 0.1) is 12.3 Å². The summed E-state index contributed by atoms with van der Waals surface area (Å²) in [6, 6.07) is 5.67. The summed E-state index contributed by atoms with van der Waals surface area (Å²) in [7, 11) is 1.59. The van der Waals surface area contributed by atoms with E-state index in [0.29, 0.717) is 36.4 Å². The van der Waals surface area contributed by atoms with Crippen molar-refractivity contribution < 1.29 is 13.9 Å². The van der Waals surface area contributed by atoms with E-state index in [1.165, 1.54) is 0 Å². The van der Waals surface area contributed by atoms with Gasteiger partial charge in [0.25, 0.3) is 0 Å². The second-order valence-corrected chi connectivity index (χ2v) is 7.39. The maximum absolute atomic E-state index is 5.82. The lowest BCUT2D eigenvalue weighted by Crippen LogP contribution is -2.36. The third kappa shape index (κ3) is 7.78. The van der Waals surface area contributed by atoms with Crippen LogP contribution in [0.1, 0.15) is 44.9 Å². The molecule has 0 atom stereocenters. The van der Waals surface area contributed by atoms with E-state index in [1.54, 1.807) is 13.3 Å². The summed E-state index contributed by atoms with van der Waals surface area (Å²) in [4.78, 5) is 8.95. The quantitative estimate of drug-likeness (QED) is 0.235. The number of ether oxygens (including phenoxy) is 2. The lowest BCUT2D eigenvalue weighted by molar-refractivity contribution is 0.330. The molecule has 0 aliphatic rings. The molecule has 1 heterocycles. The monoisotopic (exact) mass is 526 g/mol. The Balaban J connectivity index is 0.00000450. The smallest absolute Gasteiger partial charge is 0.213 e. The van der Waals surface area contributed by atoms with Crippen LogP contribution >= 0.6 is 24.0 Å². The van der Waals surface area contributed by atoms with Crippen LogP contribution in [0.2, 0.25) is 0 Å². The molecule has 0 aliphatic heterocycles. The molecule has 0 bridgehead atoms. The largest absolute Gasteiger partial charge is 0.493 e. The molecule has 0 aliphatic carbocycles. The predicted molar refractivity (Wildman–Crippen MR) is 130 cm³/mol. The summed E-state index contributed by atoms with van der Waals surface area (Å²) in [5.74, 6) is 5.84. The van der Waals surface area contributed by atoms with Gasteiger partial charge in [-0.2, -0.15) is 0 Å². The average Bonchev–Trinajstić information content (AvgIpc) is 3.18. The molecule has 2 N–H and O–H groups in total. The van der Waals surface area contributed by atoms with Crippen LogP contribution in [-0.2, 0) is 18.5 Å². The van der Waals surface area contributed by atoms with Crippen LogP contribution < -0.4 is 20.1 Å². The van der Waals surface area contributed by atoms with Gasteiger partial charge in [-0.1, -0.05) is 32.8 Å². The molecule has 1 aromatic heterocycles. The number of nitrogens with one attached hydrogen (secondary N) is 2. The average molecular weight is 526 g/mol. The van der Waals surface area contributed by atoms with Gasteiger partial charge in [-0.15, -0.1) is 30.4 Å². The highest BCUT2D eigenvalue weighted by molar-refractivity contribution is 14.0. The number of methoxy groups -OCH3 is 1. The zero-order valence-electron chi connectivity index (χ0n) is 18.2. The molecule has 2 rings (SSSR count). The zero-order valence-corrected chi connectivity index (χ0v) is 20.6. The molecule has 0 saturated heterocycles. The Morgan fingerprint density at radius 2 is 2.03 bits per heavy atom. The zero-order chi connectivity index (χ0) is 21.3. The highest BCUT2D eigenvalue weighted by Crippen LogP contribution is 2.28. The van der Waals surface area contributed by atoms with Crippen molar-refractivity contribution in [3.05, 3.63) is 41.6 Å². The van der Waals surface area contributed by atoms with Crippen LogP contribution in [-0.4, -0.2) is 31.2 Å². The number of rotatable bonds is 8. The van der Waals surface area contributed by atoms with Gasteiger partial charge in [-0.25, -0.2) is 9.98 Å². The van der Waals surface area contributed by atoms with Crippen LogP contribution in [0.4, 0.5) is 0 Å². The maximum atomic E-state index is 5.82. The van der Waals surface area contributed by atoms with Crippen molar-refractivity contribution in [2.45, 2.75) is 46.2 Å². The Kier molecular flexibility index (Phi) is 10.5. The van der Waals surface area contributed by atoms with Gasteiger partial charge >= 0.3 is 0 Å². The maximum Gasteiger partial charge on any atom is 0.213 e. The Bertz CT molecular complexity index is 866. The van der Waals surface area contributed by atoms with Gasteiger partial charge in [0.05, 0.1) is 26.4 Å². The Hall–Kier alpha value is -2.41. The minimum Gasteiger partial charge on any atom is -0.493 e. The molecule has 0 amide bonds. The fourth-order valence-corrected chi connectivity index (χ4v) is 2.46. The lowest BCUT2D eigenvalue weighted by atomic mass is 9.94. The van der Waals surface area contributed by atoms with Gasteiger partial charge in [-0.05, 0) is 24.6 Å². The minimum absolute atomic E-state index is 0. The highest BCUT2D eigenvalue weighted by atomic mass is 127. The molecular formula is C22H31IN4O3. The third-order valence-corrected chi connectivity index (χ3v) is 4.00. The topological polar surface area (TPSA) is 80.9 Å². The predicted octanol–water partition coefficient (Wildman–Crippen LogP) is 3.87. The molecule has 164 valence electrons. The standard InChI is InChI=1S/C22H30N4O3.HI/c1-7-11-28-18-12-16(9-10-17(18)27-6)13-25-21(23-8-2)26-15-20-24-14-19(29-20)22(3,4)5;/h1,9-10,12,14H,8,11,13,15H2,2-6H3,(H2,23,25,26);1H. The van der Waals surface area contributed by atoms with E-state index >= 15 is 0 Å².